The van der Waals surface area contributed by atoms with Crippen molar-refractivity contribution in [3.63, 3.8) is 0 Å². The first-order chi connectivity index (χ1) is 17.3. The molecule has 2 aromatic carbocycles. The Labute approximate surface area is 211 Å². The van der Waals surface area contributed by atoms with Crippen LogP contribution in [0.5, 0.6) is 11.5 Å². The number of methoxy groups -OCH3 is 2. The summed E-state index contributed by atoms with van der Waals surface area (Å²) in [6.45, 7) is 3.48. The second kappa shape index (κ2) is 10.1. The Kier molecular flexibility index (Phi) is 6.99. The van der Waals surface area contributed by atoms with Crippen LogP contribution in [0.25, 0.3) is 17.5 Å². The highest BCUT2D eigenvalue weighted by Gasteiger charge is 2.36. The molecule has 184 valence electrons. The van der Waals surface area contributed by atoms with Gasteiger partial charge in [-0.3, -0.25) is 9.36 Å². The van der Waals surface area contributed by atoms with Gasteiger partial charge in [-0.05, 0) is 55.3 Å². The predicted molar refractivity (Wildman–Crippen MR) is 138 cm³/mol. The summed E-state index contributed by atoms with van der Waals surface area (Å²) in [6.07, 6.45) is 1.31. The molecule has 1 aromatic heterocycles. The maximum Gasteiger partial charge on any atom is 0.338 e. The number of benzene rings is 2. The minimum absolute atomic E-state index is 0.00922. The number of nitriles is 1. The van der Waals surface area contributed by atoms with E-state index in [2.05, 4.69) is 6.07 Å². The largest absolute Gasteiger partial charge is 0.497 e. The van der Waals surface area contributed by atoms with Gasteiger partial charge in [0.15, 0.2) is 0 Å². The van der Waals surface area contributed by atoms with E-state index >= 15 is 0 Å². The van der Waals surface area contributed by atoms with E-state index in [0.717, 1.165) is 16.9 Å². The number of rotatable bonds is 6. The van der Waals surface area contributed by atoms with Crippen molar-refractivity contribution in [3.8, 4) is 17.6 Å². The van der Waals surface area contributed by atoms with E-state index in [4.69, 9.17) is 19.9 Å². The number of allylic oxidation sites excluding steroid dienone is 1. The molecule has 3 aromatic rings. The lowest BCUT2D eigenvalue weighted by Gasteiger charge is -2.25. The maximum absolute atomic E-state index is 13.4. The smallest absolute Gasteiger partial charge is 0.338 e. The fraction of sp³-hybridized carbons (Fsp3) is 0.222. The lowest BCUT2D eigenvalue weighted by molar-refractivity contribution is -0.140. The van der Waals surface area contributed by atoms with Crippen molar-refractivity contribution in [2.24, 2.45) is 5.73 Å². The van der Waals surface area contributed by atoms with Gasteiger partial charge >= 0.3 is 5.97 Å². The number of hydrogen-bond donors (Lipinski definition) is 1. The number of nitrogens with two attached hydrogens (primary N) is 1. The Bertz CT molecular complexity index is 1560. The van der Waals surface area contributed by atoms with Gasteiger partial charge in [-0.15, -0.1) is 11.3 Å². The molecule has 0 bridgehead atoms. The second-order valence-electron chi connectivity index (χ2n) is 8.31. The molecule has 0 radical (unpaired) electrons. The van der Waals surface area contributed by atoms with Gasteiger partial charge in [0.05, 0.1) is 48.0 Å². The Morgan fingerprint density at radius 1 is 1.08 bits per heavy atom. The second-order valence-corrected chi connectivity index (χ2v) is 9.34. The zero-order chi connectivity index (χ0) is 26.0. The lowest BCUT2D eigenvalue weighted by Crippen LogP contribution is -2.40. The van der Waals surface area contributed by atoms with Gasteiger partial charge in [0.1, 0.15) is 22.0 Å². The molecule has 0 aliphatic carbocycles. The molecule has 0 spiro atoms. The molecule has 0 fully saturated rings. The van der Waals surface area contributed by atoms with Crippen LogP contribution in [0.3, 0.4) is 0 Å². The first kappa shape index (κ1) is 24.8. The summed E-state index contributed by atoms with van der Waals surface area (Å²) in [6, 6.07) is 16.4. The third kappa shape index (κ3) is 4.51. The predicted octanol–water partition coefficient (Wildman–Crippen LogP) is 2.31. The molecule has 0 saturated carbocycles. The number of nitrogens with zero attached hydrogens (tertiary/aromatic N) is 2. The van der Waals surface area contributed by atoms with Crippen molar-refractivity contribution in [3.05, 3.63) is 84.8 Å². The van der Waals surface area contributed by atoms with Gasteiger partial charge in [-0.25, -0.2) is 4.79 Å². The highest BCUT2D eigenvalue weighted by molar-refractivity contribution is 7.07. The van der Waals surface area contributed by atoms with Crippen LogP contribution in [0.15, 0.2) is 58.9 Å². The minimum atomic E-state index is -0.806. The quantitative estimate of drug-likeness (QED) is 0.513. The topological polar surface area (TPSA) is 117 Å². The van der Waals surface area contributed by atoms with E-state index in [9.17, 15) is 14.9 Å². The average molecular weight is 504 g/mol. The molecule has 36 heavy (non-hydrogen) atoms. The molecule has 8 nitrogen and oxygen atoms in total. The Morgan fingerprint density at radius 2 is 1.67 bits per heavy atom. The van der Waals surface area contributed by atoms with E-state index in [1.807, 2.05) is 12.1 Å². The van der Waals surface area contributed by atoms with Crippen LogP contribution >= 0.6 is 11.3 Å². The highest BCUT2D eigenvalue weighted by atomic mass is 32.1. The van der Waals surface area contributed by atoms with Crippen molar-refractivity contribution >= 4 is 34.8 Å². The number of esters is 1. The highest BCUT2D eigenvalue weighted by Crippen LogP contribution is 2.37. The van der Waals surface area contributed by atoms with Crippen LogP contribution in [-0.4, -0.2) is 30.9 Å². The third-order valence-corrected chi connectivity index (χ3v) is 6.80. The normalized spacial score (nSPS) is 15.5. The van der Waals surface area contributed by atoms with E-state index in [1.165, 1.54) is 4.57 Å². The summed E-state index contributed by atoms with van der Waals surface area (Å²) >= 11 is 1.13. The van der Waals surface area contributed by atoms with Crippen LogP contribution in [-0.2, 0) is 9.53 Å². The summed E-state index contributed by atoms with van der Waals surface area (Å²) in [4.78, 5) is 26.8. The van der Waals surface area contributed by atoms with Crippen molar-refractivity contribution in [1.29, 1.82) is 5.26 Å². The van der Waals surface area contributed by atoms with E-state index in [0.29, 0.717) is 26.3 Å². The zero-order valence-electron chi connectivity index (χ0n) is 20.3. The van der Waals surface area contributed by atoms with Gasteiger partial charge in [0.2, 0.25) is 0 Å². The third-order valence-electron chi connectivity index (χ3n) is 5.69. The number of thiazole rings is 1. The fourth-order valence-electron chi connectivity index (χ4n) is 4.00. The maximum atomic E-state index is 13.4. The molecule has 2 N–H and O–H groups in total. The summed E-state index contributed by atoms with van der Waals surface area (Å²) in [5.74, 6) is -0.114. The average Bonchev–Trinajstić information content (AvgIpc) is 3.19. The van der Waals surface area contributed by atoms with Crippen molar-refractivity contribution < 1.29 is 19.0 Å². The standard InChI is InChI=1S/C27H25N3O5S/c1-15(2)35-27(32)23-22(17-7-11-19(34-4)12-8-17)20(14-28)24(29)30-25(31)21(36-26(23)30)13-16-5-9-18(33-3)10-6-16/h5-13,15,22H,29H2,1-4H3/b21-13+/t22-/m0/s1. The molecular formula is C27H25N3O5S. The number of fused-ring (bicyclic) bond motifs is 1. The van der Waals surface area contributed by atoms with Crippen LogP contribution in [0.1, 0.15) is 30.9 Å². The molecule has 4 rings (SSSR count). The van der Waals surface area contributed by atoms with Crippen LogP contribution in [0, 0.1) is 11.3 Å². The molecule has 0 saturated heterocycles. The molecule has 2 heterocycles. The Balaban J connectivity index is 2.03. The first-order valence-corrected chi connectivity index (χ1v) is 12.0. The summed E-state index contributed by atoms with van der Waals surface area (Å²) < 4.78 is 17.9. The minimum Gasteiger partial charge on any atom is -0.497 e. The summed E-state index contributed by atoms with van der Waals surface area (Å²) in [5, 5.41) is 10.1. The van der Waals surface area contributed by atoms with E-state index in [1.54, 1.807) is 70.5 Å². The van der Waals surface area contributed by atoms with Gasteiger partial charge in [0, 0.05) is 0 Å². The van der Waals surface area contributed by atoms with Crippen molar-refractivity contribution in [2.75, 3.05) is 14.2 Å². The number of carbonyl (C=O) groups excluding carboxylic acids is 1. The number of hydrogen-bond acceptors (Lipinski definition) is 8. The van der Waals surface area contributed by atoms with Crippen LogP contribution in [0.2, 0.25) is 0 Å². The Morgan fingerprint density at radius 3 is 2.19 bits per heavy atom. The fourth-order valence-corrected chi connectivity index (χ4v) is 5.17. The van der Waals surface area contributed by atoms with Crippen LogP contribution < -0.4 is 30.0 Å². The molecular weight excluding hydrogens is 478 g/mol. The zero-order valence-corrected chi connectivity index (χ0v) is 21.1. The number of ether oxygens (including phenoxy) is 3. The number of carbonyl (C=O) groups is 1. The Hall–Kier alpha value is -4.29. The molecule has 1 atom stereocenters. The molecule has 0 unspecified atom stereocenters. The van der Waals surface area contributed by atoms with Crippen molar-refractivity contribution in [2.45, 2.75) is 25.9 Å². The van der Waals surface area contributed by atoms with E-state index < -0.39 is 23.6 Å². The van der Waals surface area contributed by atoms with Gasteiger partial charge in [-0.1, -0.05) is 24.3 Å². The first-order valence-electron chi connectivity index (χ1n) is 11.2. The van der Waals surface area contributed by atoms with Crippen molar-refractivity contribution in [1.82, 2.24) is 4.57 Å². The molecule has 1 aliphatic rings. The van der Waals surface area contributed by atoms with E-state index in [-0.39, 0.29) is 17.0 Å². The SMILES string of the molecule is COc1ccc(/C=c2/sc3n(c2=O)C(N)=C(C#N)[C@H](c2ccc(OC)cc2)C=3C(=O)OC(C)C)cc1. The molecule has 0 amide bonds. The molecule has 9 heteroatoms. The van der Waals surface area contributed by atoms with Gasteiger partial charge in [0.25, 0.3) is 5.56 Å². The molecule has 1 aliphatic heterocycles. The monoisotopic (exact) mass is 503 g/mol. The van der Waals surface area contributed by atoms with Crippen LogP contribution in [0.4, 0.5) is 0 Å². The summed E-state index contributed by atoms with van der Waals surface area (Å²) in [7, 11) is 3.13. The van der Waals surface area contributed by atoms with Gasteiger partial charge in [-0.2, -0.15) is 5.26 Å². The lowest BCUT2D eigenvalue weighted by atomic mass is 9.84. The van der Waals surface area contributed by atoms with Gasteiger partial charge < -0.3 is 19.9 Å². The number of aromatic nitrogens is 1. The summed E-state index contributed by atoms with van der Waals surface area (Å²) in [5.41, 5.74) is 7.69.